The van der Waals surface area contributed by atoms with Gasteiger partial charge in [0.05, 0.1) is 27.2 Å². The highest BCUT2D eigenvalue weighted by molar-refractivity contribution is 5.70. The molecule has 162 valence electrons. The number of esters is 1. The minimum absolute atomic E-state index is 0.0320. The number of methoxy groups -OCH3 is 2. The standard InChI is InChI=1S/C23H35NO5/c1-15(2)19-13-24(12-16-8-9-17(27-6)10-21(16)28-7)20(14-25)18(19)11-22(26)29-23(3,4)5/h8-10,18-20,25H,1,11-14H2,2-7H3. The maximum absolute atomic E-state index is 12.5. The van der Waals surface area contributed by atoms with Crippen LogP contribution in [0.2, 0.25) is 0 Å². The molecule has 1 N–H and O–H groups in total. The molecule has 6 heteroatoms. The van der Waals surface area contributed by atoms with Crippen LogP contribution in [0.25, 0.3) is 0 Å². The van der Waals surface area contributed by atoms with Gasteiger partial charge in [0.2, 0.25) is 0 Å². The number of likely N-dealkylation sites (tertiary alicyclic amines) is 1. The molecule has 29 heavy (non-hydrogen) atoms. The predicted octanol–water partition coefficient (Wildman–Crippen LogP) is 3.42. The molecular formula is C23H35NO5. The van der Waals surface area contributed by atoms with Gasteiger partial charge in [0, 0.05) is 30.8 Å². The number of hydrogen-bond donors (Lipinski definition) is 1. The fourth-order valence-corrected chi connectivity index (χ4v) is 4.07. The molecule has 2 rings (SSSR count). The topological polar surface area (TPSA) is 68.2 Å². The summed E-state index contributed by atoms with van der Waals surface area (Å²) in [6, 6.07) is 5.57. The molecule has 1 fully saturated rings. The normalized spacial score (nSPS) is 22.4. The SMILES string of the molecule is C=C(C)C1CN(Cc2ccc(OC)cc2OC)C(CO)C1CC(=O)OC(C)(C)C. The summed E-state index contributed by atoms with van der Waals surface area (Å²) in [6.07, 6.45) is 0.260. The summed E-state index contributed by atoms with van der Waals surface area (Å²) in [6.45, 7) is 13.0. The second kappa shape index (κ2) is 9.63. The van der Waals surface area contributed by atoms with E-state index < -0.39 is 5.60 Å². The third kappa shape index (κ3) is 5.97. The zero-order chi connectivity index (χ0) is 21.8. The third-order valence-corrected chi connectivity index (χ3v) is 5.42. The minimum atomic E-state index is -0.529. The lowest BCUT2D eigenvalue weighted by molar-refractivity contribution is -0.156. The molecule has 1 aliphatic heterocycles. The summed E-state index contributed by atoms with van der Waals surface area (Å²) >= 11 is 0. The van der Waals surface area contributed by atoms with E-state index in [2.05, 4.69) is 11.5 Å². The number of benzene rings is 1. The quantitative estimate of drug-likeness (QED) is 0.528. The summed E-state index contributed by atoms with van der Waals surface area (Å²) in [5.74, 6) is 1.30. The molecule has 1 aliphatic rings. The molecule has 0 aliphatic carbocycles. The average Bonchev–Trinajstić information content (AvgIpc) is 2.97. The smallest absolute Gasteiger partial charge is 0.306 e. The fraction of sp³-hybridized carbons (Fsp3) is 0.609. The average molecular weight is 406 g/mol. The van der Waals surface area contributed by atoms with Gasteiger partial charge in [-0.05, 0) is 45.6 Å². The maximum Gasteiger partial charge on any atom is 0.306 e. The van der Waals surface area contributed by atoms with Gasteiger partial charge in [0.25, 0.3) is 0 Å². The first-order valence-corrected chi connectivity index (χ1v) is 10.0. The number of nitrogens with zero attached hydrogens (tertiary/aromatic N) is 1. The van der Waals surface area contributed by atoms with Crippen LogP contribution in [-0.4, -0.2) is 55.0 Å². The third-order valence-electron chi connectivity index (χ3n) is 5.42. The highest BCUT2D eigenvalue weighted by atomic mass is 16.6. The molecular weight excluding hydrogens is 370 g/mol. The van der Waals surface area contributed by atoms with Crippen LogP contribution in [0.3, 0.4) is 0 Å². The maximum atomic E-state index is 12.5. The Kier molecular flexibility index (Phi) is 7.72. The van der Waals surface area contributed by atoms with Gasteiger partial charge in [-0.3, -0.25) is 9.69 Å². The molecule has 0 amide bonds. The van der Waals surface area contributed by atoms with Crippen LogP contribution < -0.4 is 9.47 Å². The second-order valence-electron chi connectivity index (χ2n) is 8.76. The van der Waals surface area contributed by atoms with Crippen LogP contribution in [-0.2, 0) is 16.1 Å². The molecule has 0 bridgehead atoms. The highest BCUT2D eigenvalue weighted by Gasteiger charge is 2.43. The zero-order valence-electron chi connectivity index (χ0n) is 18.5. The monoisotopic (exact) mass is 405 g/mol. The second-order valence-corrected chi connectivity index (χ2v) is 8.76. The molecule has 1 saturated heterocycles. The Morgan fingerprint density at radius 1 is 1.28 bits per heavy atom. The van der Waals surface area contributed by atoms with Crippen LogP contribution in [0.15, 0.2) is 30.4 Å². The van der Waals surface area contributed by atoms with E-state index in [1.807, 2.05) is 45.9 Å². The minimum Gasteiger partial charge on any atom is -0.497 e. The summed E-state index contributed by atoms with van der Waals surface area (Å²) in [5.41, 5.74) is 1.49. The number of aliphatic hydroxyl groups excluding tert-OH is 1. The van der Waals surface area contributed by atoms with Crippen molar-refractivity contribution in [2.75, 3.05) is 27.4 Å². The first-order chi connectivity index (χ1) is 13.6. The largest absolute Gasteiger partial charge is 0.497 e. The molecule has 0 aromatic heterocycles. The first kappa shape index (κ1) is 23.2. The molecule has 0 saturated carbocycles. The predicted molar refractivity (Wildman–Crippen MR) is 113 cm³/mol. The van der Waals surface area contributed by atoms with Gasteiger partial charge in [-0.15, -0.1) is 0 Å². The Balaban J connectivity index is 2.23. The molecule has 3 unspecified atom stereocenters. The van der Waals surface area contributed by atoms with Gasteiger partial charge in [0.1, 0.15) is 17.1 Å². The molecule has 1 heterocycles. The fourth-order valence-electron chi connectivity index (χ4n) is 4.07. The van der Waals surface area contributed by atoms with Gasteiger partial charge in [-0.1, -0.05) is 18.2 Å². The highest BCUT2D eigenvalue weighted by Crippen LogP contribution is 2.38. The van der Waals surface area contributed by atoms with Gasteiger partial charge in [-0.25, -0.2) is 0 Å². The molecule has 0 radical (unpaired) electrons. The van der Waals surface area contributed by atoms with Gasteiger partial charge in [-0.2, -0.15) is 0 Å². The Bertz CT molecular complexity index is 724. The van der Waals surface area contributed by atoms with Crippen LogP contribution in [0.1, 0.15) is 39.7 Å². The number of hydrogen-bond acceptors (Lipinski definition) is 6. The lowest BCUT2D eigenvalue weighted by Crippen LogP contribution is -2.37. The van der Waals surface area contributed by atoms with E-state index in [0.29, 0.717) is 6.54 Å². The van der Waals surface area contributed by atoms with E-state index in [1.165, 1.54) is 0 Å². The molecule has 6 nitrogen and oxygen atoms in total. The number of carbonyl (C=O) groups excluding carboxylic acids is 1. The number of ether oxygens (including phenoxy) is 3. The Morgan fingerprint density at radius 2 is 1.97 bits per heavy atom. The summed E-state index contributed by atoms with van der Waals surface area (Å²) in [7, 11) is 3.25. The van der Waals surface area contributed by atoms with E-state index in [-0.39, 0.29) is 36.9 Å². The van der Waals surface area contributed by atoms with Crippen molar-refractivity contribution in [3.05, 3.63) is 35.9 Å². The van der Waals surface area contributed by atoms with Crippen molar-refractivity contribution >= 4 is 5.97 Å². The van der Waals surface area contributed by atoms with E-state index in [4.69, 9.17) is 14.2 Å². The summed E-state index contributed by atoms with van der Waals surface area (Å²) in [4.78, 5) is 14.7. The lowest BCUT2D eigenvalue weighted by Gasteiger charge is -2.28. The van der Waals surface area contributed by atoms with E-state index in [9.17, 15) is 9.90 Å². The van der Waals surface area contributed by atoms with E-state index >= 15 is 0 Å². The molecule has 1 aromatic rings. The number of aliphatic hydroxyl groups is 1. The van der Waals surface area contributed by atoms with Crippen molar-refractivity contribution < 1.29 is 24.1 Å². The summed E-state index contributed by atoms with van der Waals surface area (Å²) < 4.78 is 16.3. The van der Waals surface area contributed by atoms with Crippen molar-refractivity contribution in [1.29, 1.82) is 0 Å². The summed E-state index contributed by atoms with van der Waals surface area (Å²) in [5, 5.41) is 10.2. The molecule has 3 atom stereocenters. The van der Waals surface area contributed by atoms with Crippen molar-refractivity contribution in [3.8, 4) is 11.5 Å². The van der Waals surface area contributed by atoms with Crippen molar-refractivity contribution in [1.82, 2.24) is 4.90 Å². The van der Waals surface area contributed by atoms with E-state index in [0.717, 1.165) is 29.2 Å². The molecule has 1 aromatic carbocycles. The Morgan fingerprint density at radius 3 is 2.48 bits per heavy atom. The van der Waals surface area contributed by atoms with Gasteiger partial charge in [0.15, 0.2) is 0 Å². The van der Waals surface area contributed by atoms with Crippen molar-refractivity contribution in [3.63, 3.8) is 0 Å². The van der Waals surface area contributed by atoms with Crippen LogP contribution in [0.5, 0.6) is 11.5 Å². The lowest BCUT2D eigenvalue weighted by atomic mass is 9.84. The van der Waals surface area contributed by atoms with E-state index in [1.54, 1.807) is 14.2 Å². The van der Waals surface area contributed by atoms with Gasteiger partial charge >= 0.3 is 5.97 Å². The van der Waals surface area contributed by atoms with Crippen LogP contribution >= 0.6 is 0 Å². The first-order valence-electron chi connectivity index (χ1n) is 10.0. The van der Waals surface area contributed by atoms with Gasteiger partial charge < -0.3 is 19.3 Å². The molecule has 0 spiro atoms. The Labute approximate surface area is 174 Å². The van der Waals surface area contributed by atoms with Crippen molar-refractivity contribution in [2.24, 2.45) is 11.8 Å². The van der Waals surface area contributed by atoms with Crippen LogP contribution in [0.4, 0.5) is 0 Å². The number of rotatable bonds is 8. The Hall–Kier alpha value is -2.05. The zero-order valence-corrected chi connectivity index (χ0v) is 18.5. The van der Waals surface area contributed by atoms with Crippen molar-refractivity contribution in [2.45, 2.75) is 52.3 Å². The van der Waals surface area contributed by atoms with Crippen LogP contribution in [0, 0.1) is 11.8 Å². The number of carbonyl (C=O) groups is 1.